The Kier molecular flexibility index (Phi) is 6.78. The first-order chi connectivity index (χ1) is 5.81. The minimum atomic E-state index is -0.133. The Hall–Kier alpha value is -1.42. The van der Waals surface area contributed by atoms with Gasteiger partial charge in [-0.3, -0.25) is 0 Å². The van der Waals surface area contributed by atoms with E-state index in [1.807, 2.05) is 13.0 Å². The highest BCUT2D eigenvalue weighted by atomic mass is 16.8. The Bertz CT molecular complexity index is 207. The van der Waals surface area contributed by atoms with Crippen LogP contribution in [0.3, 0.4) is 0 Å². The maximum atomic E-state index is 8.48. The predicted octanol–water partition coefficient (Wildman–Crippen LogP) is 1.10. The monoisotopic (exact) mass is 168 g/mol. The molecule has 0 aliphatic heterocycles. The maximum Gasteiger partial charge on any atom is 0.0745 e. The molecule has 4 nitrogen and oxygen atoms in total. The Balaban J connectivity index is 3.55. The molecule has 1 N–H and O–H groups in total. The van der Waals surface area contributed by atoms with Gasteiger partial charge in [-0.15, -0.1) is 0 Å². The van der Waals surface area contributed by atoms with E-state index >= 15 is 0 Å². The smallest absolute Gasteiger partial charge is 0.0745 e. The van der Waals surface area contributed by atoms with Gasteiger partial charge in [-0.2, -0.15) is 0 Å². The Morgan fingerprint density at radius 3 is 2.92 bits per heavy atom. The van der Waals surface area contributed by atoms with Crippen LogP contribution < -0.4 is 0 Å². The molecule has 12 heavy (non-hydrogen) atoms. The third kappa shape index (κ3) is 6.70. The molecule has 0 heterocycles. The van der Waals surface area contributed by atoms with E-state index in [4.69, 9.17) is 5.11 Å². The number of aliphatic hydroxyl groups excluding tert-OH is 1. The van der Waals surface area contributed by atoms with Crippen LogP contribution in [0.15, 0.2) is 34.6 Å². The van der Waals surface area contributed by atoms with Gasteiger partial charge in [0.1, 0.15) is 0 Å². The summed E-state index contributed by atoms with van der Waals surface area (Å²) in [5, 5.41) is 15.3. The SMILES string of the molecule is C=C(/C=N/O/N=C/C=C\C)CO. The van der Waals surface area contributed by atoms with Crippen LogP contribution in [-0.2, 0) is 4.94 Å². The normalized spacial score (nSPS) is 11.8. The molecule has 4 heteroatoms. The van der Waals surface area contributed by atoms with Gasteiger partial charge in [-0.25, -0.2) is 4.94 Å². The first-order valence-corrected chi connectivity index (χ1v) is 3.44. The number of rotatable bonds is 5. The predicted molar refractivity (Wildman–Crippen MR) is 49.1 cm³/mol. The number of aliphatic hydroxyl groups is 1. The number of allylic oxidation sites excluding steroid dienone is 2. The molecule has 0 saturated heterocycles. The van der Waals surface area contributed by atoms with Gasteiger partial charge in [0.2, 0.25) is 0 Å². The molecule has 0 aliphatic rings. The zero-order chi connectivity index (χ0) is 9.23. The minimum absolute atomic E-state index is 0.133. The van der Waals surface area contributed by atoms with Crippen LogP contribution in [0, 0.1) is 0 Å². The molecular formula is C8H12N2O2. The summed E-state index contributed by atoms with van der Waals surface area (Å²) >= 11 is 0. The van der Waals surface area contributed by atoms with E-state index in [1.165, 1.54) is 12.4 Å². The fraction of sp³-hybridized carbons (Fsp3) is 0.250. The number of oxime groups is 2. The molecule has 66 valence electrons. The third-order valence-electron chi connectivity index (χ3n) is 0.872. The second-order valence-electron chi connectivity index (χ2n) is 1.91. The summed E-state index contributed by atoms with van der Waals surface area (Å²) in [7, 11) is 0. The molecule has 0 aromatic rings. The van der Waals surface area contributed by atoms with E-state index in [1.54, 1.807) is 6.08 Å². The molecule has 0 amide bonds. The van der Waals surface area contributed by atoms with E-state index in [0.29, 0.717) is 5.57 Å². The molecule has 0 fully saturated rings. The number of nitrogens with zero attached hydrogens (tertiary/aromatic N) is 2. The molecule has 0 saturated carbocycles. The molecule has 0 radical (unpaired) electrons. The third-order valence-corrected chi connectivity index (χ3v) is 0.872. The Morgan fingerprint density at radius 2 is 2.33 bits per heavy atom. The topological polar surface area (TPSA) is 54.2 Å². The van der Waals surface area contributed by atoms with Crippen LogP contribution in [0.5, 0.6) is 0 Å². The van der Waals surface area contributed by atoms with Crippen molar-refractivity contribution in [3.63, 3.8) is 0 Å². The van der Waals surface area contributed by atoms with E-state index in [-0.39, 0.29) is 6.61 Å². The lowest BCUT2D eigenvalue weighted by atomic mass is 10.4. The zero-order valence-electron chi connectivity index (χ0n) is 6.97. The molecule has 0 atom stereocenters. The fourth-order valence-electron chi connectivity index (χ4n) is 0.315. The largest absolute Gasteiger partial charge is 0.392 e. The van der Waals surface area contributed by atoms with Crippen molar-refractivity contribution in [1.82, 2.24) is 0 Å². The lowest BCUT2D eigenvalue weighted by Gasteiger charge is -1.87. The average molecular weight is 168 g/mol. The van der Waals surface area contributed by atoms with Crippen LogP contribution in [0.2, 0.25) is 0 Å². The van der Waals surface area contributed by atoms with E-state index in [9.17, 15) is 0 Å². The van der Waals surface area contributed by atoms with Gasteiger partial charge in [0.25, 0.3) is 0 Å². The van der Waals surface area contributed by atoms with Gasteiger partial charge in [0.15, 0.2) is 0 Å². The Labute approximate surface area is 71.5 Å². The first kappa shape index (κ1) is 10.6. The van der Waals surface area contributed by atoms with Crippen molar-refractivity contribution in [2.75, 3.05) is 6.61 Å². The van der Waals surface area contributed by atoms with Gasteiger partial charge in [-0.1, -0.05) is 23.0 Å². The van der Waals surface area contributed by atoms with Crippen LogP contribution in [0.4, 0.5) is 0 Å². The molecular weight excluding hydrogens is 156 g/mol. The molecule has 0 aliphatic carbocycles. The summed E-state index contributed by atoms with van der Waals surface area (Å²) in [6.07, 6.45) is 6.27. The van der Waals surface area contributed by atoms with Gasteiger partial charge in [-0.05, 0) is 18.6 Å². The lowest BCUT2D eigenvalue weighted by molar-refractivity contribution is 0.159. The molecule has 0 rings (SSSR count). The fourth-order valence-corrected chi connectivity index (χ4v) is 0.315. The molecule has 0 bridgehead atoms. The van der Waals surface area contributed by atoms with Gasteiger partial charge in [0.05, 0.1) is 19.0 Å². The van der Waals surface area contributed by atoms with Crippen molar-refractivity contribution in [2.45, 2.75) is 6.92 Å². The van der Waals surface area contributed by atoms with Crippen LogP contribution in [-0.4, -0.2) is 24.1 Å². The summed E-state index contributed by atoms with van der Waals surface area (Å²) in [4.78, 5) is 4.42. The van der Waals surface area contributed by atoms with Crippen molar-refractivity contribution in [3.05, 3.63) is 24.3 Å². The number of hydrogen-bond donors (Lipinski definition) is 1. The molecule has 0 unspecified atom stereocenters. The van der Waals surface area contributed by atoms with E-state index in [0.717, 1.165) is 0 Å². The summed E-state index contributed by atoms with van der Waals surface area (Å²) in [6.45, 7) is 5.19. The highest BCUT2D eigenvalue weighted by Gasteiger charge is 1.81. The van der Waals surface area contributed by atoms with E-state index in [2.05, 4.69) is 21.8 Å². The van der Waals surface area contributed by atoms with Crippen LogP contribution in [0.25, 0.3) is 0 Å². The first-order valence-electron chi connectivity index (χ1n) is 3.44. The Morgan fingerprint density at radius 1 is 1.58 bits per heavy atom. The number of hydrogen-bond acceptors (Lipinski definition) is 4. The highest BCUT2D eigenvalue weighted by molar-refractivity contribution is 5.77. The zero-order valence-corrected chi connectivity index (χ0v) is 6.97. The van der Waals surface area contributed by atoms with Crippen molar-refractivity contribution in [3.8, 4) is 0 Å². The van der Waals surface area contributed by atoms with Crippen molar-refractivity contribution in [1.29, 1.82) is 0 Å². The molecule has 0 aromatic heterocycles. The molecule has 0 spiro atoms. The minimum Gasteiger partial charge on any atom is -0.392 e. The second-order valence-corrected chi connectivity index (χ2v) is 1.91. The van der Waals surface area contributed by atoms with Crippen molar-refractivity contribution < 1.29 is 10.0 Å². The summed E-state index contributed by atoms with van der Waals surface area (Å²) in [6, 6.07) is 0. The van der Waals surface area contributed by atoms with Crippen LogP contribution in [0.1, 0.15) is 6.92 Å². The van der Waals surface area contributed by atoms with Crippen LogP contribution >= 0.6 is 0 Å². The van der Waals surface area contributed by atoms with Crippen molar-refractivity contribution in [2.24, 2.45) is 10.3 Å². The summed E-state index contributed by atoms with van der Waals surface area (Å²) in [5.74, 6) is 0. The summed E-state index contributed by atoms with van der Waals surface area (Å²) < 4.78 is 0. The lowest BCUT2D eigenvalue weighted by Crippen LogP contribution is -1.88. The average Bonchev–Trinajstić information content (AvgIpc) is 2.10. The quantitative estimate of drug-likeness (QED) is 0.493. The van der Waals surface area contributed by atoms with Gasteiger partial charge in [0, 0.05) is 0 Å². The van der Waals surface area contributed by atoms with Gasteiger partial charge < -0.3 is 5.11 Å². The van der Waals surface area contributed by atoms with Gasteiger partial charge >= 0.3 is 0 Å². The highest BCUT2D eigenvalue weighted by Crippen LogP contribution is 1.83. The molecule has 0 aromatic carbocycles. The second kappa shape index (κ2) is 7.68. The van der Waals surface area contributed by atoms with Crippen molar-refractivity contribution >= 4 is 12.4 Å². The maximum absolute atomic E-state index is 8.48. The standard InChI is InChI=1S/C8H12N2O2/c1-3-4-5-9-12-10-6-8(2)7-11/h3-6,11H,2,7H2,1H3/b4-3-,9-5+,10-6+. The van der Waals surface area contributed by atoms with E-state index < -0.39 is 0 Å². The summed E-state index contributed by atoms with van der Waals surface area (Å²) in [5.41, 5.74) is 0.469.